The van der Waals surface area contributed by atoms with Crippen LogP contribution in [0, 0.1) is 0 Å². The first-order valence-corrected chi connectivity index (χ1v) is 7.70. The number of benzene rings is 1. The van der Waals surface area contributed by atoms with Crippen molar-refractivity contribution in [2.75, 3.05) is 14.2 Å². The first-order chi connectivity index (χ1) is 11.2. The fourth-order valence-electron chi connectivity index (χ4n) is 3.22. The summed E-state index contributed by atoms with van der Waals surface area (Å²) in [5.41, 5.74) is 1.51. The molecule has 1 aliphatic carbocycles. The number of aromatic carboxylic acids is 1. The maximum Gasteiger partial charge on any atom is 0.356 e. The Labute approximate surface area is 134 Å². The number of ether oxygens (including phenoxy) is 2. The van der Waals surface area contributed by atoms with Gasteiger partial charge in [-0.1, -0.05) is 18.9 Å². The topological polar surface area (TPSA) is 73.6 Å². The van der Waals surface area contributed by atoms with Crippen molar-refractivity contribution in [2.45, 2.75) is 31.7 Å². The monoisotopic (exact) mass is 316 g/mol. The van der Waals surface area contributed by atoms with Crippen molar-refractivity contribution >= 4 is 5.97 Å². The average Bonchev–Trinajstić information content (AvgIpc) is 3.22. The molecule has 2 aromatic rings. The number of carboxylic acid groups (broad SMARTS) is 1. The predicted octanol–water partition coefficient (Wildman–Crippen LogP) is 3.38. The van der Waals surface area contributed by atoms with Crippen molar-refractivity contribution in [1.29, 1.82) is 0 Å². The summed E-state index contributed by atoms with van der Waals surface area (Å²) in [5.74, 6) is 0.248. The molecule has 0 aliphatic heterocycles. The molecule has 3 rings (SSSR count). The molecule has 1 aliphatic rings. The van der Waals surface area contributed by atoms with E-state index in [-0.39, 0.29) is 11.7 Å². The number of aromatic nitrogens is 2. The van der Waals surface area contributed by atoms with Crippen molar-refractivity contribution in [3.05, 3.63) is 30.0 Å². The Bertz CT molecular complexity index is 695. The van der Waals surface area contributed by atoms with Crippen LogP contribution in [0.1, 0.15) is 42.2 Å². The van der Waals surface area contributed by atoms with Gasteiger partial charge in [0.1, 0.15) is 11.5 Å². The molecule has 23 heavy (non-hydrogen) atoms. The van der Waals surface area contributed by atoms with Gasteiger partial charge in [-0.25, -0.2) is 4.79 Å². The van der Waals surface area contributed by atoms with Gasteiger partial charge >= 0.3 is 5.97 Å². The Kier molecular flexibility index (Phi) is 4.23. The SMILES string of the molecule is COc1cccc(OC)c1-c1cc(C(=O)O)nn1C1CCCC1. The molecular weight excluding hydrogens is 296 g/mol. The van der Waals surface area contributed by atoms with Crippen LogP contribution in [-0.4, -0.2) is 35.1 Å². The second kappa shape index (κ2) is 6.32. The summed E-state index contributed by atoms with van der Waals surface area (Å²) >= 11 is 0. The predicted molar refractivity (Wildman–Crippen MR) is 85.2 cm³/mol. The van der Waals surface area contributed by atoms with Crippen LogP contribution >= 0.6 is 0 Å². The molecule has 1 aromatic heterocycles. The Morgan fingerprint density at radius 1 is 1.22 bits per heavy atom. The molecule has 1 saturated carbocycles. The van der Waals surface area contributed by atoms with Crippen LogP contribution in [0.4, 0.5) is 0 Å². The normalized spacial score (nSPS) is 14.9. The first kappa shape index (κ1) is 15.4. The average molecular weight is 316 g/mol. The van der Waals surface area contributed by atoms with Gasteiger partial charge in [-0.15, -0.1) is 0 Å². The molecular formula is C17H20N2O4. The van der Waals surface area contributed by atoms with Crippen molar-refractivity contribution in [1.82, 2.24) is 9.78 Å². The Balaban J connectivity index is 2.20. The maximum absolute atomic E-state index is 11.4. The van der Waals surface area contributed by atoms with Crippen LogP contribution in [0.25, 0.3) is 11.3 Å². The van der Waals surface area contributed by atoms with Crippen LogP contribution in [0.15, 0.2) is 24.3 Å². The molecule has 1 fully saturated rings. The number of nitrogens with zero attached hydrogens (tertiary/aromatic N) is 2. The highest BCUT2D eigenvalue weighted by Crippen LogP contribution is 2.41. The zero-order valence-electron chi connectivity index (χ0n) is 13.3. The fraction of sp³-hybridized carbons (Fsp3) is 0.412. The van der Waals surface area contributed by atoms with E-state index < -0.39 is 5.97 Å². The van der Waals surface area contributed by atoms with Gasteiger partial charge in [0, 0.05) is 0 Å². The van der Waals surface area contributed by atoms with Crippen LogP contribution in [-0.2, 0) is 0 Å². The molecule has 6 nitrogen and oxygen atoms in total. The van der Waals surface area contributed by atoms with E-state index in [1.807, 2.05) is 22.9 Å². The minimum absolute atomic E-state index is 0.0415. The third kappa shape index (κ3) is 2.76. The molecule has 1 heterocycles. The quantitative estimate of drug-likeness (QED) is 0.915. The molecule has 0 atom stereocenters. The second-order valence-electron chi connectivity index (χ2n) is 5.64. The van der Waals surface area contributed by atoms with Gasteiger partial charge < -0.3 is 14.6 Å². The minimum atomic E-state index is -1.03. The molecule has 6 heteroatoms. The van der Waals surface area contributed by atoms with E-state index in [1.165, 1.54) is 0 Å². The van der Waals surface area contributed by atoms with E-state index >= 15 is 0 Å². The molecule has 0 amide bonds. The van der Waals surface area contributed by atoms with Gasteiger partial charge in [0.25, 0.3) is 0 Å². The smallest absolute Gasteiger partial charge is 0.356 e. The third-order valence-corrected chi connectivity index (χ3v) is 4.31. The number of rotatable bonds is 5. The Morgan fingerprint density at radius 2 is 1.83 bits per heavy atom. The lowest BCUT2D eigenvalue weighted by molar-refractivity contribution is 0.0689. The van der Waals surface area contributed by atoms with Crippen molar-refractivity contribution in [3.63, 3.8) is 0 Å². The van der Waals surface area contributed by atoms with E-state index in [1.54, 1.807) is 20.3 Å². The summed E-state index contributed by atoms with van der Waals surface area (Å²) in [5, 5.41) is 13.7. The molecule has 0 radical (unpaired) electrons. The lowest BCUT2D eigenvalue weighted by atomic mass is 10.1. The van der Waals surface area contributed by atoms with E-state index in [2.05, 4.69) is 5.10 Å². The van der Waals surface area contributed by atoms with Gasteiger partial charge in [0.15, 0.2) is 5.69 Å². The number of hydrogen-bond acceptors (Lipinski definition) is 4. The van der Waals surface area contributed by atoms with Gasteiger partial charge in [0.05, 0.1) is 31.5 Å². The highest BCUT2D eigenvalue weighted by atomic mass is 16.5. The third-order valence-electron chi connectivity index (χ3n) is 4.31. The molecule has 0 unspecified atom stereocenters. The van der Waals surface area contributed by atoms with E-state index in [0.717, 1.165) is 36.9 Å². The summed E-state index contributed by atoms with van der Waals surface area (Å²) in [6.45, 7) is 0. The molecule has 0 bridgehead atoms. The molecule has 0 saturated heterocycles. The summed E-state index contributed by atoms with van der Waals surface area (Å²) < 4.78 is 12.8. The second-order valence-corrected chi connectivity index (χ2v) is 5.64. The largest absolute Gasteiger partial charge is 0.496 e. The fourth-order valence-corrected chi connectivity index (χ4v) is 3.22. The number of carboxylic acids is 1. The van der Waals surface area contributed by atoms with Crippen LogP contribution < -0.4 is 9.47 Å². The van der Waals surface area contributed by atoms with E-state index in [0.29, 0.717) is 11.5 Å². The van der Waals surface area contributed by atoms with Crippen molar-refractivity contribution in [3.8, 4) is 22.8 Å². The maximum atomic E-state index is 11.4. The van der Waals surface area contributed by atoms with Gasteiger partial charge in [-0.05, 0) is 31.0 Å². The van der Waals surface area contributed by atoms with Gasteiger partial charge in [-0.2, -0.15) is 5.10 Å². The summed E-state index contributed by atoms with van der Waals surface area (Å²) in [6, 6.07) is 7.33. The summed E-state index contributed by atoms with van der Waals surface area (Å²) in [7, 11) is 3.18. The van der Waals surface area contributed by atoms with Crippen molar-refractivity contribution in [2.24, 2.45) is 0 Å². The summed E-state index contributed by atoms with van der Waals surface area (Å²) in [4.78, 5) is 11.4. The number of methoxy groups -OCH3 is 2. The van der Waals surface area contributed by atoms with Crippen LogP contribution in [0.5, 0.6) is 11.5 Å². The molecule has 1 N–H and O–H groups in total. The molecule has 122 valence electrons. The lowest BCUT2D eigenvalue weighted by Crippen LogP contribution is -2.10. The van der Waals surface area contributed by atoms with Gasteiger partial charge in [0.2, 0.25) is 0 Å². The number of hydrogen-bond donors (Lipinski definition) is 1. The van der Waals surface area contributed by atoms with E-state index in [4.69, 9.17) is 9.47 Å². The molecule has 1 aromatic carbocycles. The zero-order valence-corrected chi connectivity index (χ0v) is 13.3. The minimum Gasteiger partial charge on any atom is -0.496 e. The standard InChI is InChI=1S/C17H20N2O4/c1-22-14-8-5-9-15(23-2)16(14)13-10-12(17(20)21)18-19(13)11-6-3-4-7-11/h5,8-11H,3-4,6-7H2,1-2H3,(H,20,21). The van der Waals surface area contributed by atoms with Crippen LogP contribution in [0.2, 0.25) is 0 Å². The first-order valence-electron chi connectivity index (χ1n) is 7.70. The number of carbonyl (C=O) groups is 1. The Hall–Kier alpha value is -2.50. The Morgan fingerprint density at radius 3 is 2.35 bits per heavy atom. The summed E-state index contributed by atoms with van der Waals surface area (Å²) in [6.07, 6.45) is 4.28. The van der Waals surface area contributed by atoms with E-state index in [9.17, 15) is 9.90 Å². The highest BCUT2D eigenvalue weighted by Gasteiger charge is 2.26. The molecule has 0 spiro atoms. The van der Waals surface area contributed by atoms with Gasteiger partial charge in [-0.3, -0.25) is 4.68 Å². The van der Waals surface area contributed by atoms with Crippen LogP contribution in [0.3, 0.4) is 0 Å². The van der Waals surface area contributed by atoms with Crippen molar-refractivity contribution < 1.29 is 19.4 Å². The lowest BCUT2D eigenvalue weighted by Gasteiger charge is -2.18. The zero-order chi connectivity index (χ0) is 16.4. The highest BCUT2D eigenvalue weighted by molar-refractivity contribution is 5.88.